The van der Waals surface area contributed by atoms with Crippen LogP contribution in [0.1, 0.15) is 5.56 Å². The van der Waals surface area contributed by atoms with Crippen LogP contribution >= 0.6 is 31.9 Å². The second-order valence-electron chi connectivity index (χ2n) is 3.97. The molecule has 3 N–H and O–H groups in total. The van der Waals surface area contributed by atoms with E-state index in [-0.39, 0.29) is 12.2 Å². The number of benzene rings is 1. The Balaban J connectivity index is 2.24. The van der Waals surface area contributed by atoms with Crippen LogP contribution < -0.4 is 10.6 Å². The maximum Gasteiger partial charge on any atom is 0.328 e. The van der Waals surface area contributed by atoms with E-state index in [2.05, 4.69) is 31.9 Å². The molecule has 100 valence electrons. The van der Waals surface area contributed by atoms with E-state index in [4.69, 9.17) is 0 Å². The summed E-state index contributed by atoms with van der Waals surface area (Å²) in [4.78, 5) is 34.1. The summed E-state index contributed by atoms with van der Waals surface area (Å²) in [5, 5.41) is 13.7. The quantitative estimate of drug-likeness (QED) is 0.664. The summed E-state index contributed by atoms with van der Waals surface area (Å²) in [5.74, 6) is -2.19. The molecule has 0 atom stereocenters. The van der Waals surface area contributed by atoms with Gasteiger partial charge in [-0.3, -0.25) is 20.2 Å². The SMILES string of the molecule is O=C1NC(=O)C(Cc2cc(Br)c(O)c(Br)c2)C(=O)N1. The number of halogens is 2. The molecule has 1 aliphatic rings. The van der Waals surface area contributed by atoms with Gasteiger partial charge in [0.15, 0.2) is 0 Å². The van der Waals surface area contributed by atoms with E-state index in [1.54, 1.807) is 12.1 Å². The molecule has 0 saturated carbocycles. The van der Waals surface area contributed by atoms with E-state index < -0.39 is 23.8 Å². The highest BCUT2D eigenvalue weighted by atomic mass is 79.9. The Morgan fingerprint density at radius 2 is 1.53 bits per heavy atom. The Kier molecular flexibility index (Phi) is 3.91. The fraction of sp³-hybridized carbons (Fsp3) is 0.182. The van der Waals surface area contributed by atoms with Crippen LogP contribution in [0.25, 0.3) is 0 Å². The van der Waals surface area contributed by atoms with Gasteiger partial charge in [0.1, 0.15) is 11.7 Å². The Bertz CT molecular complexity index is 545. The van der Waals surface area contributed by atoms with Gasteiger partial charge in [0.2, 0.25) is 11.8 Å². The molecule has 0 radical (unpaired) electrons. The van der Waals surface area contributed by atoms with Crippen molar-refractivity contribution in [2.45, 2.75) is 6.42 Å². The topological polar surface area (TPSA) is 95.5 Å². The minimum absolute atomic E-state index is 0.0384. The number of aromatic hydroxyl groups is 1. The van der Waals surface area contributed by atoms with E-state index in [9.17, 15) is 19.5 Å². The number of phenolic OH excluding ortho intramolecular Hbond substituents is 1. The van der Waals surface area contributed by atoms with E-state index in [0.29, 0.717) is 14.5 Å². The summed E-state index contributed by atoms with van der Waals surface area (Å²) in [6.07, 6.45) is 0.127. The Morgan fingerprint density at radius 1 is 1.05 bits per heavy atom. The molecule has 1 heterocycles. The van der Waals surface area contributed by atoms with Crippen LogP contribution in [-0.2, 0) is 16.0 Å². The van der Waals surface area contributed by atoms with Crippen LogP contribution in [0.5, 0.6) is 5.75 Å². The molecule has 1 aliphatic heterocycles. The molecule has 19 heavy (non-hydrogen) atoms. The smallest absolute Gasteiger partial charge is 0.328 e. The molecule has 4 amide bonds. The van der Waals surface area contributed by atoms with Crippen molar-refractivity contribution in [1.29, 1.82) is 0 Å². The van der Waals surface area contributed by atoms with Crippen LogP contribution in [0.3, 0.4) is 0 Å². The molecule has 0 bridgehead atoms. The van der Waals surface area contributed by atoms with Gasteiger partial charge in [-0.05, 0) is 56.0 Å². The second-order valence-corrected chi connectivity index (χ2v) is 5.68. The Hall–Kier alpha value is -1.41. The van der Waals surface area contributed by atoms with Crippen LogP contribution in [-0.4, -0.2) is 23.0 Å². The lowest BCUT2D eigenvalue weighted by molar-refractivity contribution is -0.135. The van der Waals surface area contributed by atoms with E-state index >= 15 is 0 Å². The second kappa shape index (κ2) is 5.30. The van der Waals surface area contributed by atoms with E-state index in [1.165, 1.54) is 0 Å². The summed E-state index contributed by atoms with van der Waals surface area (Å²) in [6.45, 7) is 0. The standard InChI is InChI=1S/C11H8Br2N2O4/c12-6-2-4(3-7(13)8(6)16)1-5-9(17)14-11(19)15-10(5)18/h2-3,5,16H,1H2,(H2,14,15,17,18,19). The van der Waals surface area contributed by atoms with E-state index in [1.807, 2.05) is 10.6 Å². The molecule has 1 aromatic rings. The predicted molar refractivity (Wildman–Crippen MR) is 72.4 cm³/mol. The zero-order chi connectivity index (χ0) is 14.2. The number of nitrogens with one attached hydrogen (secondary N) is 2. The highest BCUT2D eigenvalue weighted by molar-refractivity contribution is 9.11. The minimum Gasteiger partial charge on any atom is -0.506 e. The van der Waals surface area contributed by atoms with E-state index in [0.717, 1.165) is 0 Å². The number of urea groups is 1. The van der Waals surface area contributed by atoms with Crippen molar-refractivity contribution in [2.75, 3.05) is 0 Å². The molecular weight excluding hydrogens is 384 g/mol. The molecule has 2 rings (SSSR count). The lowest BCUT2D eigenvalue weighted by Crippen LogP contribution is -2.56. The molecule has 1 aromatic carbocycles. The number of barbiturate groups is 1. The molecule has 8 heteroatoms. The minimum atomic E-state index is -0.971. The molecular formula is C11H8Br2N2O4. The van der Waals surface area contributed by atoms with Gasteiger partial charge in [0.25, 0.3) is 0 Å². The van der Waals surface area contributed by atoms with Gasteiger partial charge in [-0.25, -0.2) is 4.79 Å². The summed E-state index contributed by atoms with van der Waals surface area (Å²) < 4.78 is 0.897. The summed E-state index contributed by atoms with van der Waals surface area (Å²) in [5.41, 5.74) is 0.668. The largest absolute Gasteiger partial charge is 0.506 e. The third-order valence-electron chi connectivity index (χ3n) is 2.62. The van der Waals surface area contributed by atoms with Gasteiger partial charge in [0, 0.05) is 0 Å². The fourth-order valence-electron chi connectivity index (χ4n) is 1.71. The number of carbonyl (C=O) groups excluding carboxylic acids is 3. The monoisotopic (exact) mass is 390 g/mol. The number of phenols is 1. The molecule has 0 unspecified atom stereocenters. The lowest BCUT2D eigenvalue weighted by atomic mass is 9.96. The Morgan fingerprint density at radius 3 is 2.00 bits per heavy atom. The average Bonchev–Trinajstić information content (AvgIpc) is 2.30. The van der Waals surface area contributed by atoms with Crippen LogP contribution in [0.4, 0.5) is 4.79 Å². The molecule has 6 nitrogen and oxygen atoms in total. The number of hydrogen-bond donors (Lipinski definition) is 3. The summed E-state index contributed by atoms with van der Waals surface area (Å²) in [6, 6.07) is 2.41. The van der Waals surface area contributed by atoms with Gasteiger partial charge in [-0.1, -0.05) is 0 Å². The highest BCUT2D eigenvalue weighted by Gasteiger charge is 2.34. The summed E-state index contributed by atoms with van der Waals surface area (Å²) in [7, 11) is 0. The first kappa shape index (κ1) is 14.0. The van der Waals surface area contributed by atoms with Crippen LogP contribution in [0.15, 0.2) is 21.1 Å². The zero-order valence-electron chi connectivity index (χ0n) is 9.37. The first-order chi connectivity index (χ1) is 8.88. The molecule has 0 aliphatic carbocycles. The van der Waals surface area contributed by atoms with Gasteiger partial charge < -0.3 is 5.11 Å². The predicted octanol–water partition coefficient (Wildman–Crippen LogP) is 1.44. The van der Waals surface area contributed by atoms with Crippen molar-refractivity contribution >= 4 is 49.7 Å². The molecule has 0 aromatic heterocycles. The van der Waals surface area contributed by atoms with Crippen LogP contribution in [0, 0.1) is 5.92 Å². The Labute approximate surface area is 124 Å². The highest BCUT2D eigenvalue weighted by Crippen LogP contribution is 2.34. The van der Waals surface area contributed by atoms with Gasteiger partial charge in [0.05, 0.1) is 8.95 Å². The van der Waals surface area contributed by atoms with Gasteiger partial charge in [-0.15, -0.1) is 0 Å². The van der Waals surface area contributed by atoms with Gasteiger partial charge in [-0.2, -0.15) is 0 Å². The van der Waals surface area contributed by atoms with Crippen molar-refractivity contribution < 1.29 is 19.5 Å². The number of rotatable bonds is 2. The molecule has 0 spiro atoms. The third-order valence-corrected chi connectivity index (χ3v) is 3.83. The third kappa shape index (κ3) is 2.95. The van der Waals surface area contributed by atoms with Crippen molar-refractivity contribution in [1.82, 2.24) is 10.6 Å². The fourth-order valence-corrected chi connectivity index (χ4v) is 2.99. The average molecular weight is 392 g/mol. The maximum atomic E-state index is 11.6. The summed E-state index contributed by atoms with van der Waals surface area (Å²) >= 11 is 6.33. The van der Waals surface area contributed by atoms with Crippen molar-refractivity contribution in [3.05, 3.63) is 26.6 Å². The lowest BCUT2D eigenvalue weighted by Gasteiger charge is -2.20. The van der Waals surface area contributed by atoms with Crippen molar-refractivity contribution in [3.8, 4) is 5.75 Å². The van der Waals surface area contributed by atoms with Gasteiger partial charge >= 0.3 is 6.03 Å². The van der Waals surface area contributed by atoms with Crippen molar-refractivity contribution in [3.63, 3.8) is 0 Å². The number of carbonyl (C=O) groups is 3. The molecule has 1 saturated heterocycles. The number of amides is 4. The van der Waals surface area contributed by atoms with Crippen molar-refractivity contribution in [2.24, 2.45) is 5.92 Å². The maximum absolute atomic E-state index is 11.6. The number of imide groups is 2. The molecule has 1 fully saturated rings. The first-order valence-electron chi connectivity index (χ1n) is 5.21. The van der Waals surface area contributed by atoms with Crippen LogP contribution in [0.2, 0.25) is 0 Å². The normalized spacial score (nSPS) is 16.2. The first-order valence-corrected chi connectivity index (χ1v) is 6.79. The zero-order valence-corrected chi connectivity index (χ0v) is 12.5. The number of hydrogen-bond acceptors (Lipinski definition) is 4.